The van der Waals surface area contributed by atoms with Gasteiger partial charge in [-0.25, -0.2) is 4.98 Å². The summed E-state index contributed by atoms with van der Waals surface area (Å²) in [5.74, 6) is 0.455. The summed E-state index contributed by atoms with van der Waals surface area (Å²) in [5.41, 5.74) is 8.01. The normalized spacial score (nSPS) is 22.6. The van der Waals surface area contributed by atoms with Crippen molar-refractivity contribution in [2.45, 2.75) is 143 Å². The molecule has 74 heavy (non-hydrogen) atoms. The summed E-state index contributed by atoms with van der Waals surface area (Å²) in [4.78, 5) is 76.7. The third-order valence-corrected chi connectivity index (χ3v) is 18.0. The van der Waals surface area contributed by atoms with Crippen molar-refractivity contribution in [3.63, 3.8) is 0 Å². The first-order valence-electron chi connectivity index (χ1n) is 25.9. The number of piperidine rings is 1. The summed E-state index contributed by atoms with van der Waals surface area (Å²) >= 11 is 9.59. The fourth-order valence-electron chi connectivity index (χ4n) is 11.2. The van der Waals surface area contributed by atoms with Gasteiger partial charge in [0, 0.05) is 78.3 Å². The number of halogens is 1. The number of carbonyl (C=O) groups excluding carboxylic acids is 4. The fourth-order valence-corrected chi connectivity index (χ4v) is 13.4. The van der Waals surface area contributed by atoms with E-state index in [0.717, 1.165) is 74.3 Å². The van der Waals surface area contributed by atoms with Gasteiger partial charge in [-0.05, 0) is 95.5 Å². The number of nitrogens with one attached hydrogen (secondary N) is 2. The molecule has 0 saturated carbocycles. The largest absolute Gasteiger partial charge is 0.391 e. The molecule has 9 rings (SSSR count). The molecule has 0 bridgehead atoms. The minimum atomic E-state index is -0.929. The number of piperazine rings is 1. The van der Waals surface area contributed by atoms with E-state index < -0.39 is 29.6 Å². The quantitative estimate of drug-likeness (QED) is 0.114. The van der Waals surface area contributed by atoms with Gasteiger partial charge >= 0.3 is 0 Å². The van der Waals surface area contributed by atoms with Crippen LogP contribution in [0.4, 0.5) is 0 Å². The van der Waals surface area contributed by atoms with E-state index in [0.29, 0.717) is 30.5 Å². The number of hydrogen-bond acceptors (Lipinski definition) is 13. The van der Waals surface area contributed by atoms with Gasteiger partial charge < -0.3 is 25.5 Å². The van der Waals surface area contributed by atoms with Crippen LogP contribution in [0.5, 0.6) is 0 Å². The molecule has 19 heteroatoms. The molecular weight excluding hydrogens is 994 g/mol. The minimum absolute atomic E-state index is 0.000970. The van der Waals surface area contributed by atoms with Crippen molar-refractivity contribution in [3.05, 3.63) is 104 Å². The molecule has 4 aliphatic heterocycles. The van der Waals surface area contributed by atoms with Crippen molar-refractivity contribution in [2.75, 3.05) is 39.3 Å². The van der Waals surface area contributed by atoms with E-state index in [9.17, 15) is 24.3 Å². The predicted octanol–water partition coefficient (Wildman–Crippen LogP) is 7.38. The van der Waals surface area contributed by atoms with E-state index >= 15 is 0 Å². The van der Waals surface area contributed by atoms with Crippen LogP contribution in [0.1, 0.15) is 124 Å². The Morgan fingerprint density at radius 3 is 2.24 bits per heavy atom. The van der Waals surface area contributed by atoms with Gasteiger partial charge in [0.15, 0.2) is 5.82 Å². The molecule has 4 amide bonds. The molecule has 7 atom stereocenters. The Morgan fingerprint density at radius 2 is 1.58 bits per heavy atom. The highest BCUT2D eigenvalue weighted by Gasteiger charge is 2.45. The predicted molar refractivity (Wildman–Crippen MR) is 291 cm³/mol. The van der Waals surface area contributed by atoms with Crippen molar-refractivity contribution in [1.82, 2.24) is 50.0 Å². The Labute approximate surface area is 447 Å². The van der Waals surface area contributed by atoms with Gasteiger partial charge in [0.25, 0.3) is 0 Å². The van der Waals surface area contributed by atoms with Crippen molar-refractivity contribution in [1.29, 1.82) is 0 Å². The van der Waals surface area contributed by atoms with Crippen molar-refractivity contribution >= 4 is 63.6 Å². The number of aryl methyl sites for hydroxylation is 3. The van der Waals surface area contributed by atoms with E-state index in [1.54, 1.807) is 22.7 Å². The number of likely N-dealkylation sites (tertiary alicyclic amines) is 2. The molecule has 3 fully saturated rings. The summed E-state index contributed by atoms with van der Waals surface area (Å²) in [6.45, 7) is 22.9. The number of hydrogen-bond donors (Lipinski definition) is 3. The topological polar surface area (TPSA) is 181 Å². The zero-order valence-corrected chi connectivity index (χ0v) is 46.6. The number of β-amino-alcohol motifs (C(OH)–C–C–N with tert-alkyl or cyclic N) is 1. The number of aliphatic hydroxyl groups is 1. The average Bonchev–Trinajstić information content (AvgIpc) is 4.13. The maximum absolute atomic E-state index is 14.5. The molecule has 7 heterocycles. The number of benzene rings is 2. The number of aliphatic imine (C=N–C) groups is 1. The summed E-state index contributed by atoms with van der Waals surface area (Å²) in [7, 11) is 0. The fraction of sp³-hybridized carbons (Fsp3) is 0.527. The first kappa shape index (κ1) is 53.5. The molecule has 3 N–H and O–H groups in total. The smallest absolute Gasteiger partial charge is 0.246 e. The zero-order valence-electron chi connectivity index (χ0n) is 44.2. The maximum Gasteiger partial charge on any atom is 0.246 e. The van der Waals surface area contributed by atoms with Crippen LogP contribution in [0.2, 0.25) is 5.02 Å². The lowest BCUT2D eigenvalue weighted by Crippen LogP contribution is -2.63. The molecule has 0 aliphatic carbocycles. The first-order valence-corrected chi connectivity index (χ1v) is 28.0. The molecule has 1 unspecified atom stereocenters. The number of thiazole rings is 1. The van der Waals surface area contributed by atoms with Crippen LogP contribution in [0.3, 0.4) is 0 Å². The van der Waals surface area contributed by atoms with Crippen LogP contribution in [-0.2, 0) is 19.2 Å². The number of thiophene rings is 1. The van der Waals surface area contributed by atoms with Gasteiger partial charge in [0.1, 0.15) is 29.0 Å². The SMILES string of the molecule is Cc1ncsc1-c1ccc(C(C)NC(=O)[C@@H]2C[C@@H](O)CN2C(=O)[C@@H](NC(=O)CN2C[C@H](C)N(C3CCN(C(=O)C[C@@H]4N=C(c5ccc(Cl)cc5)c5c(sc(C)c5C)-n5c(C)nnc54)CC3)C[C@H]2C)C(C)(C)C)cc1. The molecule has 5 aromatic rings. The van der Waals surface area contributed by atoms with E-state index in [1.807, 2.05) is 100 Å². The van der Waals surface area contributed by atoms with Crippen molar-refractivity contribution in [2.24, 2.45) is 10.4 Å². The van der Waals surface area contributed by atoms with Gasteiger partial charge in [0.2, 0.25) is 23.6 Å². The van der Waals surface area contributed by atoms with Crippen molar-refractivity contribution in [3.8, 4) is 15.4 Å². The summed E-state index contributed by atoms with van der Waals surface area (Å²) < 4.78 is 2.08. The van der Waals surface area contributed by atoms with E-state index in [4.69, 9.17) is 16.6 Å². The van der Waals surface area contributed by atoms with Crippen LogP contribution in [0.15, 0.2) is 59.0 Å². The summed E-state index contributed by atoms with van der Waals surface area (Å²) in [5, 5.41) is 27.7. The molecule has 4 aliphatic rings. The van der Waals surface area contributed by atoms with E-state index in [1.165, 1.54) is 9.78 Å². The second-order valence-electron chi connectivity index (χ2n) is 21.9. The zero-order chi connectivity index (χ0) is 52.9. The van der Waals surface area contributed by atoms with Gasteiger partial charge in [-0.2, -0.15) is 0 Å². The Balaban J connectivity index is 0.792. The number of aliphatic hydroxyl groups excluding tert-OH is 1. The summed E-state index contributed by atoms with van der Waals surface area (Å²) in [6.07, 6.45) is 1.07. The Morgan fingerprint density at radius 1 is 0.892 bits per heavy atom. The lowest BCUT2D eigenvalue weighted by Gasteiger charge is -2.49. The maximum atomic E-state index is 14.5. The highest BCUT2D eigenvalue weighted by atomic mass is 35.5. The lowest BCUT2D eigenvalue weighted by molar-refractivity contribution is -0.144. The van der Waals surface area contributed by atoms with Gasteiger partial charge in [0.05, 0.1) is 46.9 Å². The van der Waals surface area contributed by atoms with Crippen LogP contribution in [0.25, 0.3) is 15.4 Å². The molecule has 394 valence electrons. The molecule has 16 nitrogen and oxygen atoms in total. The average molecular weight is 1060 g/mol. The number of amides is 4. The van der Waals surface area contributed by atoms with Crippen LogP contribution in [-0.4, -0.2) is 149 Å². The number of aromatic nitrogens is 4. The van der Waals surface area contributed by atoms with E-state index in [-0.39, 0.29) is 73.7 Å². The van der Waals surface area contributed by atoms with Crippen LogP contribution >= 0.6 is 34.3 Å². The van der Waals surface area contributed by atoms with Gasteiger partial charge in [-0.1, -0.05) is 68.8 Å². The Kier molecular flexibility index (Phi) is 15.7. The number of carbonyl (C=O) groups is 4. The molecule has 0 radical (unpaired) electrons. The molecule has 2 aromatic carbocycles. The number of fused-ring (bicyclic) bond motifs is 3. The second-order valence-corrected chi connectivity index (χ2v) is 24.4. The van der Waals surface area contributed by atoms with Crippen molar-refractivity contribution < 1.29 is 24.3 Å². The van der Waals surface area contributed by atoms with Gasteiger partial charge in [-0.15, -0.1) is 32.9 Å². The molecular formula is C55H70ClN11O5S2. The highest BCUT2D eigenvalue weighted by molar-refractivity contribution is 7.15. The summed E-state index contributed by atoms with van der Waals surface area (Å²) in [6, 6.07) is 13.5. The lowest BCUT2D eigenvalue weighted by atomic mass is 9.85. The van der Waals surface area contributed by atoms with Crippen LogP contribution < -0.4 is 10.6 Å². The first-order chi connectivity index (χ1) is 35.2. The molecule has 3 aromatic heterocycles. The Hall–Kier alpha value is -5.37. The van der Waals surface area contributed by atoms with Gasteiger partial charge in [-0.3, -0.25) is 38.5 Å². The minimum Gasteiger partial charge on any atom is -0.391 e. The van der Waals surface area contributed by atoms with Crippen LogP contribution in [0, 0.1) is 33.1 Å². The molecule has 0 spiro atoms. The van der Waals surface area contributed by atoms with E-state index in [2.05, 4.69) is 67.9 Å². The Bertz CT molecular complexity index is 2920. The number of rotatable bonds is 12. The standard InChI is InChI=1S/C55H70ClN11O5S2/c1-30-26-65(41-19-21-63(22-20-41)46(70)24-43-51-62-61-36(7)67(51)54-47(32(3)35(6)74-54)48(59-43)38-15-17-40(56)18-16-38)31(2)25-64(30)28-45(69)60-50(55(8,9)10)53(72)66-27-42(68)23-44(66)52(71)58-33(4)37-11-13-39(14-12-37)49-34(5)57-29-73-49/h11-18,29-31,33,41-44,50,68H,19-28H2,1-10H3,(H,58,71)(H,60,69)/t30-,31+,33?,42-,43+,44+,50-/m1/s1. The molecule has 3 saturated heterocycles. The third-order valence-electron chi connectivity index (χ3n) is 15.6. The third kappa shape index (κ3) is 11.0. The number of nitrogens with zero attached hydrogens (tertiary/aromatic N) is 9. The highest BCUT2D eigenvalue weighted by Crippen LogP contribution is 2.40. The monoisotopic (exact) mass is 1060 g/mol. The second kappa shape index (κ2) is 21.7.